The molecule has 2 rings (SSSR count). The fourth-order valence-corrected chi connectivity index (χ4v) is 2.95. The van der Waals surface area contributed by atoms with E-state index < -0.39 is 0 Å². The van der Waals surface area contributed by atoms with Crippen LogP contribution in [0.15, 0.2) is 35.3 Å². The van der Waals surface area contributed by atoms with Crippen LogP contribution in [-0.2, 0) is 16.0 Å². The van der Waals surface area contributed by atoms with Crippen LogP contribution in [0.2, 0.25) is 0 Å². The summed E-state index contributed by atoms with van der Waals surface area (Å²) in [7, 11) is 0. The second kappa shape index (κ2) is 11.5. The van der Waals surface area contributed by atoms with Gasteiger partial charge in [0, 0.05) is 52.8 Å². The molecule has 0 aliphatic carbocycles. The Bertz CT molecular complexity index is 554. The Morgan fingerprint density at radius 3 is 2.46 bits per heavy atom. The Hall–Kier alpha value is -2.08. The van der Waals surface area contributed by atoms with Gasteiger partial charge in [0.25, 0.3) is 0 Å². The Kier molecular flexibility index (Phi) is 8.96. The first-order valence-corrected chi connectivity index (χ1v) is 9.61. The van der Waals surface area contributed by atoms with Crippen LogP contribution < -0.4 is 5.32 Å². The van der Waals surface area contributed by atoms with Gasteiger partial charge >= 0.3 is 0 Å². The van der Waals surface area contributed by atoms with Crippen molar-refractivity contribution in [2.24, 2.45) is 4.99 Å². The number of nitrogens with one attached hydrogen (secondary N) is 1. The number of carbonyl (C=O) groups is 1. The van der Waals surface area contributed by atoms with Crippen LogP contribution in [0.5, 0.6) is 0 Å². The van der Waals surface area contributed by atoms with Crippen LogP contribution in [0.4, 0.5) is 0 Å². The summed E-state index contributed by atoms with van der Waals surface area (Å²) in [6, 6.07) is 10.4. The van der Waals surface area contributed by atoms with E-state index in [0.717, 1.165) is 71.3 Å². The van der Waals surface area contributed by atoms with Crippen LogP contribution in [0.1, 0.15) is 25.8 Å². The minimum absolute atomic E-state index is 0.152. The third-order valence-electron chi connectivity index (χ3n) is 4.45. The smallest absolute Gasteiger partial charge is 0.219 e. The van der Waals surface area contributed by atoms with Gasteiger partial charge in [0.15, 0.2) is 5.96 Å². The first-order chi connectivity index (χ1) is 12.7. The lowest BCUT2D eigenvalue weighted by atomic mass is 10.2. The average molecular weight is 361 g/mol. The number of aliphatic imine (C=N–C) groups is 1. The van der Waals surface area contributed by atoms with E-state index in [2.05, 4.69) is 41.4 Å². The number of ether oxygens (including phenoxy) is 1. The second-order valence-corrected chi connectivity index (χ2v) is 6.43. The highest BCUT2D eigenvalue weighted by Gasteiger charge is 2.20. The molecule has 0 saturated carbocycles. The summed E-state index contributed by atoms with van der Waals surface area (Å²) in [6.07, 6.45) is 1.87. The van der Waals surface area contributed by atoms with Crippen molar-refractivity contribution in [3.63, 3.8) is 0 Å². The van der Waals surface area contributed by atoms with Gasteiger partial charge in [-0.25, -0.2) is 0 Å². The maximum absolute atomic E-state index is 11.4. The van der Waals surface area contributed by atoms with E-state index in [1.165, 1.54) is 5.56 Å². The number of carbonyl (C=O) groups excluding carboxylic acids is 1. The zero-order valence-corrected chi connectivity index (χ0v) is 16.1. The standard InChI is InChI=1S/C20H32N4O2/c1-3-21-20(24-14-12-23(13-15-24)18(2)25)22-11-7-16-26-17-10-19-8-5-4-6-9-19/h4-6,8-9H,3,7,10-17H2,1-2H3,(H,21,22). The molecule has 26 heavy (non-hydrogen) atoms. The van der Waals surface area contributed by atoms with Gasteiger partial charge in [0.05, 0.1) is 6.61 Å². The summed E-state index contributed by atoms with van der Waals surface area (Å²) in [5, 5.41) is 3.35. The summed E-state index contributed by atoms with van der Waals surface area (Å²) in [6.45, 7) is 9.98. The van der Waals surface area contributed by atoms with E-state index >= 15 is 0 Å². The fourth-order valence-electron chi connectivity index (χ4n) is 2.95. The van der Waals surface area contributed by atoms with Crippen molar-refractivity contribution in [2.75, 3.05) is 52.5 Å². The summed E-state index contributed by atoms with van der Waals surface area (Å²) in [5.41, 5.74) is 1.31. The van der Waals surface area contributed by atoms with Crippen molar-refractivity contribution >= 4 is 11.9 Å². The van der Waals surface area contributed by atoms with Crippen molar-refractivity contribution in [3.8, 4) is 0 Å². The van der Waals surface area contributed by atoms with Gasteiger partial charge in [-0.15, -0.1) is 0 Å². The minimum Gasteiger partial charge on any atom is -0.381 e. The van der Waals surface area contributed by atoms with Gasteiger partial charge in [-0.2, -0.15) is 0 Å². The van der Waals surface area contributed by atoms with Crippen LogP contribution >= 0.6 is 0 Å². The summed E-state index contributed by atoms with van der Waals surface area (Å²) >= 11 is 0. The molecule has 0 bridgehead atoms. The molecule has 144 valence electrons. The fraction of sp³-hybridized carbons (Fsp3) is 0.600. The Morgan fingerprint density at radius 2 is 1.81 bits per heavy atom. The molecule has 1 amide bonds. The molecule has 6 heteroatoms. The number of hydrogen-bond donors (Lipinski definition) is 1. The van der Waals surface area contributed by atoms with E-state index in [4.69, 9.17) is 9.73 Å². The number of guanidine groups is 1. The summed E-state index contributed by atoms with van der Waals surface area (Å²) in [5.74, 6) is 1.10. The zero-order valence-electron chi connectivity index (χ0n) is 16.1. The number of nitrogens with zero attached hydrogens (tertiary/aromatic N) is 3. The van der Waals surface area contributed by atoms with Crippen molar-refractivity contribution in [1.29, 1.82) is 0 Å². The molecule has 0 unspecified atom stereocenters. The molecule has 1 fully saturated rings. The molecule has 0 radical (unpaired) electrons. The van der Waals surface area contributed by atoms with Crippen molar-refractivity contribution in [2.45, 2.75) is 26.7 Å². The largest absolute Gasteiger partial charge is 0.381 e. The SMILES string of the molecule is CCNC(=NCCCOCCc1ccccc1)N1CCN(C(C)=O)CC1. The van der Waals surface area contributed by atoms with Crippen molar-refractivity contribution in [1.82, 2.24) is 15.1 Å². The molecule has 0 spiro atoms. The van der Waals surface area contributed by atoms with Gasteiger partial charge < -0.3 is 19.9 Å². The number of benzene rings is 1. The third-order valence-corrected chi connectivity index (χ3v) is 4.45. The normalized spacial score (nSPS) is 15.2. The van der Waals surface area contributed by atoms with Crippen LogP contribution in [0, 0.1) is 0 Å². The van der Waals surface area contributed by atoms with Gasteiger partial charge in [0.2, 0.25) is 5.91 Å². The number of piperazine rings is 1. The number of amides is 1. The highest BCUT2D eigenvalue weighted by atomic mass is 16.5. The summed E-state index contributed by atoms with van der Waals surface area (Å²) < 4.78 is 5.72. The Labute approximate surface area is 157 Å². The molecule has 1 aliphatic rings. The van der Waals surface area contributed by atoms with E-state index in [9.17, 15) is 4.79 Å². The highest BCUT2D eigenvalue weighted by Crippen LogP contribution is 2.03. The highest BCUT2D eigenvalue weighted by molar-refractivity contribution is 5.80. The van der Waals surface area contributed by atoms with Crippen LogP contribution in [0.25, 0.3) is 0 Å². The van der Waals surface area contributed by atoms with Gasteiger partial charge in [-0.3, -0.25) is 9.79 Å². The predicted octanol–water partition coefficient (Wildman–Crippen LogP) is 1.77. The molecular formula is C20H32N4O2. The Morgan fingerprint density at radius 1 is 1.12 bits per heavy atom. The van der Waals surface area contributed by atoms with Crippen molar-refractivity contribution < 1.29 is 9.53 Å². The van der Waals surface area contributed by atoms with Gasteiger partial charge in [-0.05, 0) is 25.3 Å². The lowest BCUT2D eigenvalue weighted by Gasteiger charge is -2.36. The minimum atomic E-state index is 0.152. The van der Waals surface area contributed by atoms with E-state index in [-0.39, 0.29) is 5.91 Å². The predicted molar refractivity (Wildman–Crippen MR) is 105 cm³/mol. The number of rotatable bonds is 8. The molecule has 6 nitrogen and oxygen atoms in total. The first kappa shape index (κ1) is 20.2. The molecule has 0 atom stereocenters. The molecule has 1 aliphatic heterocycles. The molecular weight excluding hydrogens is 328 g/mol. The molecule has 1 aromatic rings. The zero-order chi connectivity index (χ0) is 18.6. The maximum Gasteiger partial charge on any atom is 0.219 e. The second-order valence-electron chi connectivity index (χ2n) is 6.43. The van der Waals surface area contributed by atoms with Gasteiger partial charge in [0.1, 0.15) is 0 Å². The van der Waals surface area contributed by atoms with Crippen molar-refractivity contribution in [3.05, 3.63) is 35.9 Å². The van der Waals surface area contributed by atoms with E-state index in [0.29, 0.717) is 0 Å². The quantitative estimate of drug-likeness (QED) is 0.436. The molecule has 1 N–H and O–H groups in total. The Balaban J connectivity index is 1.64. The molecule has 0 aromatic heterocycles. The van der Waals surface area contributed by atoms with Gasteiger partial charge in [-0.1, -0.05) is 30.3 Å². The lowest BCUT2D eigenvalue weighted by Crippen LogP contribution is -2.53. The van der Waals surface area contributed by atoms with E-state index in [1.807, 2.05) is 11.0 Å². The number of hydrogen-bond acceptors (Lipinski definition) is 3. The van der Waals surface area contributed by atoms with Crippen LogP contribution in [-0.4, -0.2) is 74.1 Å². The summed E-state index contributed by atoms with van der Waals surface area (Å²) in [4.78, 5) is 20.3. The van der Waals surface area contributed by atoms with E-state index in [1.54, 1.807) is 6.92 Å². The monoisotopic (exact) mass is 360 g/mol. The maximum atomic E-state index is 11.4. The molecule has 1 heterocycles. The molecule has 1 saturated heterocycles. The molecule has 1 aromatic carbocycles. The van der Waals surface area contributed by atoms with Crippen LogP contribution in [0.3, 0.4) is 0 Å². The average Bonchev–Trinajstić information content (AvgIpc) is 2.67. The first-order valence-electron chi connectivity index (χ1n) is 9.61. The third kappa shape index (κ3) is 7.04. The lowest BCUT2D eigenvalue weighted by molar-refractivity contribution is -0.130. The topological polar surface area (TPSA) is 57.2 Å².